The van der Waals surface area contributed by atoms with Crippen molar-refractivity contribution >= 4 is 17.6 Å². The zero-order valence-corrected chi connectivity index (χ0v) is 17.0. The standard InChI is InChI=1S/C25H26N2O3/c26-17-23(20-7-2-1-3-8-20)24(28)27-22-15-11-19(12-16-22)6-4-5-18-9-13-21(14-10-18)25(29)30/h9-16H,1-8H2,(H,27,28)(H,29,30). The van der Waals surface area contributed by atoms with Gasteiger partial charge < -0.3 is 10.4 Å². The van der Waals surface area contributed by atoms with Gasteiger partial charge in [0.1, 0.15) is 11.6 Å². The summed E-state index contributed by atoms with van der Waals surface area (Å²) in [5.41, 5.74) is 4.53. The zero-order valence-electron chi connectivity index (χ0n) is 17.0. The summed E-state index contributed by atoms with van der Waals surface area (Å²) < 4.78 is 0. The van der Waals surface area contributed by atoms with Crippen molar-refractivity contribution in [2.45, 2.75) is 51.4 Å². The van der Waals surface area contributed by atoms with E-state index in [4.69, 9.17) is 5.11 Å². The molecule has 0 bridgehead atoms. The number of hydrogen-bond acceptors (Lipinski definition) is 3. The number of aromatic carboxylic acids is 1. The fourth-order valence-corrected chi connectivity index (χ4v) is 3.78. The number of nitrogens with zero attached hydrogens (tertiary/aromatic N) is 1. The highest BCUT2D eigenvalue weighted by molar-refractivity contribution is 6.07. The van der Waals surface area contributed by atoms with E-state index in [2.05, 4.69) is 11.4 Å². The van der Waals surface area contributed by atoms with Gasteiger partial charge in [0.05, 0.1) is 5.56 Å². The molecule has 0 unspecified atom stereocenters. The number of anilines is 1. The topological polar surface area (TPSA) is 90.2 Å². The maximum atomic E-state index is 12.5. The molecule has 2 aromatic rings. The first kappa shape index (κ1) is 21.3. The highest BCUT2D eigenvalue weighted by Crippen LogP contribution is 2.26. The molecule has 3 rings (SSSR count). The van der Waals surface area contributed by atoms with E-state index in [-0.39, 0.29) is 11.5 Å². The lowest BCUT2D eigenvalue weighted by atomic mass is 9.91. The third kappa shape index (κ3) is 5.81. The summed E-state index contributed by atoms with van der Waals surface area (Å²) in [5, 5.41) is 21.2. The molecule has 1 fully saturated rings. The molecule has 2 aromatic carbocycles. The number of nitriles is 1. The summed E-state index contributed by atoms with van der Waals surface area (Å²) in [7, 11) is 0. The number of carboxylic acids is 1. The number of carboxylic acid groups (broad SMARTS) is 1. The van der Waals surface area contributed by atoms with Crippen molar-refractivity contribution in [3.63, 3.8) is 0 Å². The van der Waals surface area contributed by atoms with Gasteiger partial charge in [0.2, 0.25) is 0 Å². The molecular formula is C25H26N2O3. The van der Waals surface area contributed by atoms with E-state index in [1.807, 2.05) is 36.4 Å². The van der Waals surface area contributed by atoms with Gasteiger partial charge in [-0.3, -0.25) is 4.79 Å². The fourth-order valence-electron chi connectivity index (χ4n) is 3.78. The van der Waals surface area contributed by atoms with Crippen LogP contribution in [0.15, 0.2) is 59.7 Å². The molecule has 0 atom stereocenters. The monoisotopic (exact) mass is 402 g/mol. The SMILES string of the molecule is N#CC(C(=O)Nc1ccc(CCCc2ccc(C(=O)O)cc2)cc1)=C1CCCCC1. The van der Waals surface area contributed by atoms with E-state index < -0.39 is 5.97 Å². The predicted molar refractivity (Wildman–Crippen MR) is 116 cm³/mol. The Balaban J connectivity index is 1.51. The third-order valence-electron chi connectivity index (χ3n) is 5.49. The maximum absolute atomic E-state index is 12.5. The van der Waals surface area contributed by atoms with E-state index in [1.165, 1.54) is 12.0 Å². The highest BCUT2D eigenvalue weighted by atomic mass is 16.4. The van der Waals surface area contributed by atoms with Crippen LogP contribution in [-0.4, -0.2) is 17.0 Å². The van der Waals surface area contributed by atoms with Crippen LogP contribution in [0.1, 0.15) is 60.0 Å². The zero-order chi connectivity index (χ0) is 21.3. The van der Waals surface area contributed by atoms with Gasteiger partial charge in [0, 0.05) is 5.69 Å². The van der Waals surface area contributed by atoms with Crippen molar-refractivity contribution in [3.05, 3.63) is 76.4 Å². The molecular weight excluding hydrogens is 376 g/mol. The number of carbonyl (C=O) groups excluding carboxylic acids is 1. The molecule has 0 heterocycles. The van der Waals surface area contributed by atoms with Gasteiger partial charge in [-0.15, -0.1) is 0 Å². The summed E-state index contributed by atoms with van der Waals surface area (Å²) in [5.74, 6) is -1.22. The lowest BCUT2D eigenvalue weighted by Gasteiger charge is -2.15. The Labute approximate surface area is 177 Å². The van der Waals surface area contributed by atoms with Crippen molar-refractivity contribution in [2.75, 3.05) is 5.32 Å². The van der Waals surface area contributed by atoms with Crippen LogP contribution in [0.3, 0.4) is 0 Å². The molecule has 5 heteroatoms. The second-order valence-electron chi connectivity index (χ2n) is 7.66. The fraction of sp³-hybridized carbons (Fsp3) is 0.320. The number of rotatable bonds is 7. The summed E-state index contributed by atoms with van der Waals surface area (Å²) >= 11 is 0. The average Bonchev–Trinajstić information content (AvgIpc) is 2.76. The molecule has 0 saturated heterocycles. The van der Waals surface area contributed by atoms with Crippen molar-refractivity contribution in [2.24, 2.45) is 0 Å². The van der Waals surface area contributed by atoms with Crippen molar-refractivity contribution < 1.29 is 14.7 Å². The first-order valence-corrected chi connectivity index (χ1v) is 10.4. The molecule has 0 aromatic heterocycles. The molecule has 1 amide bonds. The largest absolute Gasteiger partial charge is 0.478 e. The van der Waals surface area contributed by atoms with E-state index in [9.17, 15) is 14.9 Å². The maximum Gasteiger partial charge on any atom is 0.335 e. The highest BCUT2D eigenvalue weighted by Gasteiger charge is 2.17. The number of amides is 1. The predicted octanol–water partition coefficient (Wildman–Crippen LogP) is 5.28. The van der Waals surface area contributed by atoms with Crippen LogP contribution in [-0.2, 0) is 17.6 Å². The lowest BCUT2D eigenvalue weighted by Crippen LogP contribution is -2.16. The van der Waals surface area contributed by atoms with Crippen LogP contribution >= 0.6 is 0 Å². The van der Waals surface area contributed by atoms with Crippen LogP contribution in [0, 0.1) is 11.3 Å². The van der Waals surface area contributed by atoms with Gasteiger partial charge in [-0.25, -0.2) is 4.79 Å². The van der Waals surface area contributed by atoms with E-state index >= 15 is 0 Å². The van der Waals surface area contributed by atoms with Crippen molar-refractivity contribution in [1.82, 2.24) is 0 Å². The molecule has 0 spiro atoms. The van der Waals surface area contributed by atoms with Crippen molar-refractivity contribution in [1.29, 1.82) is 5.26 Å². The first-order chi connectivity index (χ1) is 14.6. The van der Waals surface area contributed by atoms with Crippen LogP contribution in [0.5, 0.6) is 0 Å². The molecule has 2 N–H and O–H groups in total. The quantitative estimate of drug-likeness (QED) is 0.487. The molecule has 1 aliphatic rings. The van der Waals surface area contributed by atoms with E-state index in [0.29, 0.717) is 11.3 Å². The Morgan fingerprint density at radius 2 is 1.47 bits per heavy atom. The summed E-state index contributed by atoms with van der Waals surface area (Å²) in [6, 6.07) is 16.8. The Morgan fingerprint density at radius 3 is 2.00 bits per heavy atom. The third-order valence-corrected chi connectivity index (χ3v) is 5.49. The summed E-state index contributed by atoms with van der Waals surface area (Å²) in [6.45, 7) is 0. The minimum absolute atomic E-state index is 0.271. The van der Waals surface area contributed by atoms with Crippen LogP contribution in [0.25, 0.3) is 0 Å². The average molecular weight is 402 g/mol. The van der Waals surface area contributed by atoms with Crippen molar-refractivity contribution in [3.8, 4) is 6.07 Å². The molecule has 0 radical (unpaired) electrons. The van der Waals surface area contributed by atoms with Gasteiger partial charge in [-0.05, 0) is 85.9 Å². The second-order valence-corrected chi connectivity index (χ2v) is 7.66. The van der Waals surface area contributed by atoms with Gasteiger partial charge in [-0.1, -0.05) is 30.7 Å². The molecule has 0 aliphatic heterocycles. The normalized spacial score (nSPS) is 13.4. The molecule has 1 saturated carbocycles. The lowest BCUT2D eigenvalue weighted by molar-refractivity contribution is -0.112. The Morgan fingerprint density at radius 1 is 0.900 bits per heavy atom. The van der Waals surface area contributed by atoms with Gasteiger partial charge in [0.25, 0.3) is 5.91 Å². The molecule has 154 valence electrons. The number of hydrogen-bond donors (Lipinski definition) is 2. The first-order valence-electron chi connectivity index (χ1n) is 10.4. The number of aryl methyl sites for hydroxylation is 2. The van der Waals surface area contributed by atoms with E-state index in [1.54, 1.807) is 12.1 Å². The smallest absolute Gasteiger partial charge is 0.335 e. The van der Waals surface area contributed by atoms with Gasteiger partial charge in [0.15, 0.2) is 0 Å². The number of benzene rings is 2. The second kappa shape index (κ2) is 10.4. The van der Waals surface area contributed by atoms with Crippen LogP contribution in [0.4, 0.5) is 5.69 Å². The number of nitrogens with one attached hydrogen (secondary N) is 1. The minimum Gasteiger partial charge on any atom is -0.478 e. The minimum atomic E-state index is -0.912. The molecule has 30 heavy (non-hydrogen) atoms. The number of allylic oxidation sites excluding steroid dienone is 1. The Bertz CT molecular complexity index is 959. The molecule has 1 aliphatic carbocycles. The van der Waals surface area contributed by atoms with E-state index in [0.717, 1.165) is 56.1 Å². The molecule has 5 nitrogen and oxygen atoms in total. The van der Waals surface area contributed by atoms with Crippen LogP contribution in [0.2, 0.25) is 0 Å². The summed E-state index contributed by atoms with van der Waals surface area (Å²) in [4.78, 5) is 23.4. The summed E-state index contributed by atoms with van der Waals surface area (Å²) in [6.07, 6.45) is 7.66. The Kier molecular flexibility index (Phi) is 7.40. The van der Waals surface area contributed by atoms with Gasteiger partial charge >= 0.3 is 5.97 Å². The Hall–Kier alpha value is -3.39. The number of carbonyl (C=O) groups is 2. The van der Waals surface area contributed by atoms with Gasteiger partial charge in [-0.2, -0.15) is 5.26 Å². The van der Waals surface area contributed by atoms with Crippen LogP contribution < -0.4 is 5.32 Å².